The normalized spacial score (nSPS) is 16.2. The van der Waals surface area contributed by atoms with E-state index in [1.165, 1.54) is 23.1 Å². The van der Waals surface area contributed by atoms with Crippen LogP contribution in [-0.2, 0) is 6.54 Å². The number of aromatic amines is 1. The number of aromatic nitrogens is 1. The average molecular weight is 477 g/mol. The number of likely N-dealkylation sites (tertiary alicyclic amines) is 1. The zero-order chi connectivity index (χ0) is 24.4. The SMILES string of the molecule is CCN1CCCC1CN(Cc1cc2ccc(C)c(C)c2[nH]c1=O)C(=S)Nc1cccc(C)c1C. The van der Waals surface area contributed by atoms with Crippen LogP contribution in [0.25, 0.3) is 10.9 Å². The Hall–Kier alpha value is -2.70. The number of aryl methyl sites for hydroxylation is 3. The van der Waals surface area contributed by atoms with Crippen molar-refractivity contribution in [3.05, 3.63) is 74.6 Å². The maximum absolute atomic E-state index is 13.1. The van der Waals surface area contributed by atoms with Gasteiger partial charge in [0.05, 0.1) is 12.1 Å². The third-order valence-corrected chi connectivity index (χ3v) is 7.82. The number of likely N-dealkylation sites (N-methyl/N-ethyl adjacent to an activating group) is 1. The van der Waals surface area contributed by atoms with Gasteiger partial charge in [-0.25, -0.2) is 0 Å². The van der Waals surface area contributed by atoms with Crippen LogP contribution in [-0.4, -0.2) is 45.6 Å². The van der Waals surface area contributed by atoms with Crippen LogP contribution in [0.15, 0.2) is 41.2 Å². The minimum Gasteiger partial charge on any atom is -0.343 e. The first-order chi connectivity index (χ1) is 16.3. The molecule has 1 aromatic heterocycles. The number of hydrogen-bond acceptors (Lipinski definition) is 3. The van der Waals surface area contributed by atoms with Crippen molar-refractivity contribution in [1.82, 2.24) is 14.8 Å². The lowest BCUT2D eigenvalue weighted by Crippen LogP contribution is -2.45. The van der Waals surface area contributed by atoms with Crippen molar-refractivity contribution in [1.29, 1.82) is 0 Å². The first kappa shape index (κ1) is 24.4. The zero-order valence-corrected chi connectivity index (χ0v) is 21.8. The first-order valence-electron chi connectivity index (χ1n) is 12.3. The fraction of sp³-hybridized carbons (Fsp3) is 0.429. The summed E-state index contributed by atoms with van der Waals surface area (Å²) in [6.07, 6.45) is 2.36. The van der Waals surface area contributed by atoms with Gasteiger partial charge in [0.1, 0.15) is 0 Å². The number of thiocarbonyl (C=S) groups is 1. The molecular weight excluding hydrogens is 440 g/mol. The van der Waals surface area contributed by atoms with Crippen molar-refractivity contribution in [2.24, 2.45) is 0 Å². The average Bonchev–Trinajstić information content (AvgIpc) is 3.27. The minimum absolute atomic E-state index is 0.0421. The van der Waals surface area contributed by atoms with Crippen LogP contribution in [0.5, 0.6) is 0 Å². The molecule has 1 atom stereocenters. The molecule has 0 radical (unpaired) electrons. The largest absolute Gasteiger partial charge is 0.343 e. The van der Waals surface area contributed by atoms with Crippen molar-refractivity contribution in [2.75, 3.05) is 25.0 Å². The number of nitrogens with one attached hydrogen (secondary N) is 2. The molecule has 0 aliphatic carbocycles. The summed E-state index contributed by atoms with van der Waals surface area (Å²) in [6.45, 7) is 14.0. The third-order valence-electron chi connectivity index (χ3n) is 7.46. The van der Waals surface area contributed by atoms with Gasteiger partial charge < -0.3 is 15.2 Å². The molecule has 0 bridgehead atoms. The van der Waals surface area contributed by atoms with E-state index in [1.807, 2.05) is 12.1 Å². The number of fused-ring (bicyclic) bond motifs is 1. The fourth-order valence-electron chi connectivity index (χ4n) is 4.97. The van der Waals surface area contributed by atoms with Crippen molar-refractivity contribution >= 4 is 33.9 Å². The van der Waals surface area contributed by atoms with Gasteiger partial charge in [0.25, 0.3) is 5.56 Å². The van der Waals surface area contributed by atoms with Gasteiger partial charge in [-0.15, -0.1) is 0 Å². The molecule has 1 saturated heterocycles. The van der Waals surface area contributed by atoms with Crippen molar-refractivity contribution in [3.8, 4) is 0 Å². The lowest BCUT2D eigenvalue weighted by atomic mass is 10.0. The molecule has 5 nitrogen and oxygen atoms in total. The number of pyridine rings is 1. The highest BCUT2D eigenvalue weighted by molar-refractivity contribution is 7.80. The van der Waals surface area contributed by atoms with E-state index >= 15 is 0 Å². The van der Waals surface area contributed by atoms with E-state index < -0.39 is 0 Å². The Labute approximate surface area is 208 Å². The highest BCUT2D eigenvalue weighted by atomic mass is 32.1. The molecule has 2 heterocycles. The molecule has 1 unspecified atom stereocenters. The molecule has 34 heavy (non-hydrogen) atoms. The van der Waals surface area contributed by atoms with Crippen LogP contribution in [0, 0.1) is 27.7 Å². The summed E-state index contributed by atoms with van der Waals surface area (Å²) in [5.74, 6) is 0. The molecule has 1 fully saturated rings. The van der Waals surface area contributed by atoms with E-state index in [1.54, 1.807) is 0 Å². The summed E-state index contributed by atoms with van der Waals surface area (Å²) in [4.78, 5) is 20.9. The van der Waals surface area contributed by atoms with Gasteiger partial charge in [0.2, 0.25) is 0 Å². The van der Waals surface area contributed by atoms with Gasteiger partial charge in [-0.2, -0.15) is 0 Å². The number of rotatable bonds is 6. The first-order valence-corrected chi connectivity index (χ1v) is 12.7. The topological polar surface area (TPSA) is 51.4 Å². The summed E-state index contributed by atoms with van der Waals surface area (Å²) in [7, 11) is 0. The maximum atomic E-state index is 13.1. The molecule has 2 N–H and O–H groups in total. The van der Waals surface area contributed by atoms with Crippen molar-refractivity contribution < 1.29 is 0 Å². The number of benzene rings is 2. The van der Waals surface area contributed by atoms with Gasteiger partial charge in [-0.05, 0) is 106 Å². The van der Waals surface area contributed by atoms with Gasteiger partial charge in [0, 0.05) is 23.8 Å². The molecule has 1 aliphatic heterocycles. The summed E-state index contributed by atoms with van der Waals surface area (Å²) in [5, 5.41) is 5.20. The van der Waals surface area contributed by atoms with Crippen LogP contribution in [0.1, 0.15) is 47.6 Å². The third kappa shape index (κ3) is 5.03. The van der Waals surface area contributed by atoms with Crippen LogP contribution in [0.2, 0.25) is 0 Å². The second-order valence-corrected chi connectivity index (χ2v) is 9.96. The highest BCUT2D eigenvalue weighted by Gasteiger charge is 2.27. The van der Waals surface area contributed by atoms with Crippen LogP contribution in [0.3, 0.4) is 0 Å². The molecule has 3 aromatic rings. The van der Waals surface area contributed by atoms with E-state index in [2.05, 4.69) is 79.0 Å². The van der Waals surface area contributed by atoms with Crippen LogP contribution >= 0.6 is 12.2 Å². The van der Waals surface area contributed by atoms with Crippen molar-refractivity contribution in [2.45, 2.75) is 60.0 Å². The molecule has 180 valence electrons. The number of anilines is 1. The molecule has 0 saturated carbocycles. The van der Waals surface area contributed by atoms with E-state index in [9.17, 15) is 4.79 Å². The number of nitrogens with zero attached hydrogens (tertiary/aromatic N) is 2. The summed E-state index contributed by atoms with van der Waals surface area (Å²) >= 11 is 5.93. The van der Waals surface area contributed by atoms with Crippen LogP contribution < -0.4 is 10.9 Å². The Balaban J connectivity index is 1.65. The lowest BCUT2D eigenvalue weighted by molar-refractivity contribution is 0.221. The molecule has 0 spiro atoms. The van der Waals surface area contributed by atoms with Gasteiger partial charge >= 0.3 is 0 Å². The Kier molecular flexibility index (Phi) is 7.39. The molecular formula is C28H36N4OS. The van der Waals surface area contributed by atoms with Gasteiger partial charge in [-0.1, -0.05) is 31.2 Å². The Morgan fingerprint density at radius 3 is 2.68 bits per heavy atom. The summed E-state index contributed by atoms with van der Waals surface area (Å²) < 4.78 is 0. The standard InChI is InChI=1S/C28H36N4OS/c1-6-31-14-8-10-24(31)17-32(28(34)29-25-11-7-9-18(2)20(25)4)16-23-15-22-13-12-19(3)21(5)26(22)30-27(23)33/h7,9,11-13,15,24H,6,8,10,14,16-17H2,1-5H3,(H,29,34)(H,30,33). The van der Waals surface area contributed by atoms with E-state index in [0.717, 1.165) is 53.8 Å². The predicted molar refractivity (Wildman–Crippen MR) is 147 cm³/mol. The van der Waals surface area contributed by atoms with E-state index in [-0.39, 0.29) is 5.56 Å². The molecule has 1 aliphatic rings. The van der Waals surface area contributed by atoms with E-state index in [0.29, 0.717) is 17.7 Å². The highest BCUT2D eigenvalue weighted by Crippen LogP contribution is 2.23. The second-order valence-electron chi connectivity index (χ2n) is 9.58. The van der Waals surface area contributed by atoms with Crippen LogP contribution in [0.4, 0.5) is 5.69 Å². The zero-order valence-electron chi connectivity index (χ0n) is 21.0. The molecule has 4 rings (SSSR count). The number of H-pyrrole nitrogens is 1. The Bertz CT molecular complexity index is 1270. The quantitative estimate of drug-likeness (QED) is 0.464. The molecule has 2 aromatic carbocycles. The van der Waals surface area contributed by atoms with Gasteiger partial charge in [-0.3, -0.25) is 9.69 Å². The van der Waals surface area contributed by atoms with Gasteiger partial charge in [0.15, 0.2) is 5.11 Å². The molecule has 0 amide bonds. The van der Waals surface area contributed by atoms with Crippen molar-refractivity contribution in [3.63, 3.8) is 0 Å². The number of hydrogen-bond donors (Lipinski definition) is 2. The maximum Gasteiger partial charge on any atom is 0.253 e. The lowest BCUT2D eigenvalue weighted by Gasteiger charge is -2.32. The smallest absolute Gasteiger partial charge is 0.253 e. The predicted octanol–water partition coefficient (Wildman–Crippen LogP) is 5.45. The fourth-order valence-corrected chi connectivity index (χ4v) is 5.21. The monoisotopic (exact) mass is 476 g/mol. The summed E-state index contributed by atoms with van der Waals surface area (Å²) in [5.41, 5.74) is 7.35. The minimum atomic E-state index is -0.0421. The molecule has 6 heteroatoms. The summed E-state index contributed by atoms with van der Waals surface area (Å²) in [6, 6.07) is 12.9. The second kappa shape index (κ2) is 10.3. The van der Waals surface area contributed by atoms with E-state index in [4.69, 9.17) is 12.2 Å². The Morgan fingerprint density at radius 2 is 1.91 bits per heavy atom. The Morgan fingerprint density at radius 1 is 1.15 bits per heavy atom.